The molecule has 0 amide bonds. The van der Waals surface area contributed by atoms with Crippen molar-refractivity contribution >= 4 is 11.3 Å². The molecule has 2 heterocycles. The van der Waals surface area contributed by atoms with E-state index < -0.39 is 0 Å². The van der Waals surface area contributed by atoms with E-state index in [2.05, 4.69) is 54.5 Å². The molecule has 0 unspecified atom stereocenters. The average molecular weight is 366 g/mol. The van der Waals surface area contributed by atoms with Crippen LogP contribution in [0.4, 0.5) is 0 Å². The topological polar surface area (TPSA) is 43.4 Å². The molecular formula is C21H22N2O2S. The molecule has 26 heavy (non-hydrogen) atoms. The first-order chi connectivity index (χ1) is 12.7. The zero-order valence-corrected chi connectivity index (χ0v) is 15.8. The molecule has 2 aromatic carbocycles. The number of nitrogens with one attached hydrogen (secondary N) is 1. The molecule has 0 radical (unpaired) electrons. The van der Waals surface area contributed by atoms with Crippen LogP contribution in [-0.2, 0) is 13.1 Å². The first kappa shape index (κ1) is 17.1. The van der Waals surface area contributed by atoms with E-state index in [4.69, 9.17) is 9.47 Å². The van der Waals surface area contributed by atoms with Gasteiger partial charge < -0.3 is 14.8 Å². The number of benzene rings is 2. The molecule has 1 aliphatic rings. The highest BCUT2D eigenvalue weighted by atomic mass is 32.1. The third-order valence-electron chi connectivity index (χ3n) is 4.46. The van der Waals surface area contributed by atoms with Gasteiger partial charge in [0.25, 0.3) is 0 Å². The van der Waals surface area contributed by atoms with Gasteiger partial charge in [-0.25, -0.2) is 4.98 Å². The van der Waals surface area contributed by atoms with Gasteiger partial charge in [0.1, 0.15) is 5.01 Å². The van der Waals surface area contributed by atoms with Crippen molar-refractivity contribution in [1.82, 2.24) is 10.3 Å². The van der Waals surface area contributed by atoms with Crippen LogP contribution in [-0.4, -0.2) is 11.8 Å². The minimum absolute atomic E-state index is 0.312. The summed E-state index contributed by atoms with van der Waals surface area (Å²) in [6.07, 6.45) is 1.96. The summed E-state index contributed by atoms with van der Waals surface area (Å²) in [7, 11) is 0. The van der Waals surface area contributed by atoms with Crippen LogP contribution >= 0.6 is 11.3 Å². The van der Waals surface area contributed by atoms with Crippen molar-refractivity contribution in [3.8, 4) is 21.9 Å². The van der Waals surface area contributed by atoms with Crippen molar-refractivity contribution in [2.75, 3.05) is 6.79 Å². The maximum Gasteiger partial charge on any atom is 0.231 e. The third-order valence-corrected chi connectivity index (χ3v) is 5.50. The van der Waals surface area contributed by atoms with Crippen LogP contribution in [0.5, 0.6) is 11.5 Å². The van der Waals surface area contributed by atoms with E-state index in [0.717, 1.165) is 29.6 Å². The monoisotopic (exact) mass is 366 g/mol. The van der Waals surface area contributed by atoms with Crippen LogP contribution in [0.1, 0.15) is 35.9 Å². The van der Waals surface area contributed by atoms with Crippen molar-refractivity contribution in [3.63, 3.8) is 0 Å². The normalized spacial score (nSPS) is 12.7. The second kappa shape index (κ2) is 7.48. The number of aromatic nitrogens is 1. The van der Waals surface area contributed by atoms with Crippen LogP contribution in [0.15, 0.2) is 48.7 Å². The number of thiazole rings is 1. The zero-order chi connectivity index (χ0) is 17.9. The maximum atomic E-state index is 5.42. The third kappa shape index (κ3) is 3.74. The van der Waals surface area contributed by atoms with E-state index in [0.29, 0.717) is 12.7 Å². The van der Waals surface area contributed by atoms with Gasteiger partial charge in [0.2, 0.25) is 6.79 Å². The molecule has 0 aliphatic carbocycles. The lowest BCUT2D eigenvalue weighted by Crippen LogP contribution is -2.12. The Morgan fingerprint density at radius 3 is 2.65 bits per heavy atom. The molecule has 0 atom stereocenters. The van der Waals surface area contributed by atoms with Crippen molar-refractivity contribution in [1.29, 1.82) is 0 Å². The fourth-order valence-electron chi connectivity index (χ4n) is 2.92. The Hall–Kier alpha value is -2.37. The van der Waals surface area contributed by atoms with Crippen molar-refractivity contribution in [2.45, 2.75) is 32.9 Å². The Bertz CT molecular complexity index is 887. The van der Waals surface area contributed by atoms with E-state index in [1.165, 1.54) is 21.6 Å². The zero-order valence-electron chi connectivity index (χ0n) is 15.0. The molecule has 5 heteroatoms. The van der Waals surface area contributed by atoms with Gasteiger partial charge in [-0.2, -0.15) is 0 Å². The number of fused-ring (bicyclic) bond motifs is 1. The lowest BCUT2D eigenvalue weighted by Gasteiger charge is -2.05. The van der Waals surface area contributed by atoms with Crippen molar-refractivity contribution < 1.29 is 9.47 Å². The molecule has 134 valence electrons. The summed E-state index contributed by atoms with van der Waals surface area (Å²) < 4.78 is 10.8. The second-order valence-corrected chi connectivity index (χ2v) is 7.80. The van der Waals surface area contributed by atoms with Crippen molar-refractivity contribution in [2.24, 2.45) is 0 Å². The average Bonchev–Trinajstić information content (AvgIpc) is 3.30. The summed E-state index contributed by atoms with van der Waals surface area (Å²) >= 11 is 1.74. The van der Waals surface area contributed by atoms with E-state index in [9.17, 15) is 0 Å². The summed E-state index contributed by atoms with van der Waals surface area (Å²) in [6, 6.07) is 14.8. The van der Waals surface area contributed by atoms with E-state index in [1.807, 2.05) is 18.3 Å². The number of nitrogens with zero attached hydrogens (tertiary/aromatic N) is 1. The lowest BCUT2D eigenvalue weighted by atomic mass is 10.0. The van der Waals surface area contributed by atoms with E-state index in [-0.39, 0.29) is 0 Å². The first-order valence-corrected chi connectivity index (χ1v) is 9.65. The minimum Gasteiger partial charge on any atom is -0.454 e. The highest BCUT2D eigenvalue weighted by Gasteiger charge is 2.13. The Balaban J connectivity index is 1.35. The largest absolute Gasteiger partial charge is 0.454 e. The highest BCUT2D eigenvalue weighted by Crippen LogP contribution is 2.32. The van der Waals surface area contributed by atoms with Gasteiger partial charge in [-0.15, -0.1) is 11.3 Å². The van der Waals surface area contributed by atoms with Crippen LogP contribution < -0.4 is 14.8 Å². The molecule has 1 aromatic heterocycles. The van der Waals surface area contributed by atoms with Crippen LogP contribution in [0.25, 0.3) is 10.4 Å². The summed E-state index contributed by atoms with van der Waals surface area (Å²) in [4.78, 5) is 5.76. The van der Waals surface area contributed by atoms with E-state index in [1.54, 1.807) is 11.3 Å². The molecule has 0 saturated carbocycles. The summed E-state index contributed by atoms with van der Waals surface area (Å²) in [5, 5.41) is 4.54. The molecular weight excluding hydrogens is 344 g/mol. The molecule has 0 fully saturated rings. The molecule has 4 nitrogen and oxygen atoms in total. The lowest BCUT2D eigenvalue weighted by molar-refractivity contribution is 0.174. The Labute approximate surface area is 157 Å². The molecule has 0 saturated heterocycles. The molecule has 4 rings (SSSR count). The van der Waals surface area contributed by atoms with Gasteiger partial charge in [-0.1, -0.05) is 44.2 Å². The molecule has 1 aliphatic heterocycles. The van der Waals surface area contributed by atoms with Crippen LogP contribution in [0.2, 0.25) is 0 Å². The minimum atomic E-state index is 0.312. The predicted octanol–water partition coefficient (Wildman–Crippen LogP) is 4.95. The smallest absolute Gasteiger partial charge is 0.231 e. The fraction of sp³-hybridized carbons (Fsp3) is 0.286. The summed E-state index contributed by atoms with van der Waals surface area (Å²) in [5.74, 6) is 2.20. The maximum absolute atomic E-state index is 5.42. The molecule has 0 bridgehead atoms. The second-order valence-electron chi connectivity index (χ2n) is 6.69. The van der Waals surface area contributed by atoms with Gasteiger partial charge in [-0.05, 0) is 34.7 Å². The fourth-order valence-corrected chi connectivity index (χ4v) is 3.82. The summed E-state index contributed by atoms with van der Waals surface area (Å²) in [5.41, 5.74) is 3.77. The Kier molecular flexibility index (Phi) is 4.91. The van der Waals surface area contributed by atoms with Crippen LogP contribution in [0, 0.1) is 0 Å². The van der Waals surface area contributed by atoms with Gasteiger partial charge in [-0.3, -0.25) is 0 Å². The van der Waals surface area contributed by atoms with Crippen molar-refractivity contribution in [3.05, 3.63) is 64.8 Å². The van der Waals surface area contributed by atoms with E-state index >= 15 is 0 Å². The van der Waals surface area contributed by atoms with Crippen LogP contribution in [0.3, 0.4) is 0 Å². The molecule has 3 aromatic rings. The number of hydrogen-bond acceptors (Lipinski definition) is 5. The standard InChI is InChI=1S/C21H22N2O2S/c1-14(2)16-4-6-17(7-5-16)20-11-23-21(26-20)12-22-10-15-3-8-18-19(9-15)25-13-24-18/h3-9,11,14,22H,10,12-13H2,1-2H3. The number of ether oxygens (including phenoxy) is 2. The highest BCUT2D eigenvalue weighted by molar-refractivity contribution is 7.15. The number of hydrogen-bond donors (Lipinski definition) is 1. The van der Waals surface area contributed by atoms with Gasteiger partial charge >= 0.3 is 0 Å². The predicted molar refractivity (Wildman–Crippen MR) is 105 cm³/mol. The first-order valence-electron chi connectivity index (χ1n) is 8.83. The quantitative estimate of drug-likeness (QED) is 0.670. The van der Waals surface area contributed by atoms with Gasteiger partial charge in [0, 0.05) is 19.3 Å². The number of rotatable bonds is 6. The SMILES string of the molecule is CC(C)c1ccc(-c2cnc(CNCc3ccc4c(c3)OCO4)s2)cc1. The Morgan fingerprint density at radius 1 is 1.04 bits per heavy atom. The molecule has 0 spiro atoms. The summed E-state index contributed by atoms with van der Waals surface area (Å²) in [6.45, 7) is 6.27. The molecule has 1 N–H and O–H groups in total. The van der Waals surface area contributed by atoms with Gasteiger partial charge in [0.05, 0.1) is 4.88 Å². The van der Waals surface area contributed by atoms with Gasteiger partial charge in [0.15, 0.2) is 11.5 Å². The Morgan fingerprint density at radius 2 is 1.85 bits per heavy atom.